The Kier molecular flexibility index (Phi) is 8.88. The summed E-state index contributed by atoms with van der Waals surface area (Å²) < 4.78 is 36.2. The van der Waals surface area contributed by atoms with Gasteiger partial charge in [0.05, 0.1) is 16.6 Å². The van der Waals surface area contributed by atoms with Gasteiger partial charge in [-0.2, -0.15) is 4.98 Å². The molecule has 3 heterocycles. The summed E-state index contributed by atoms with van der Waals surface area (Å²) in [4.78, 5) is 50.3. The first kappa shape index (κ1) is 33.6. The zero-order valence-corrected chi connectivity index (χ0v) is 28.8. The summed E-state index contributed by atoms with van der Waals surface area (Å²) in [6.45, 7) is 10.3. The monoisotopic (exact) mass is 682 g/mol. The zero-order valence-electron chi connectivity index (χ0n) is 28.0. The largest absolute Gasteiger partial charge is 0.475 e. The van der Waals surface area contributed by atoms with E-state index in [9.17, 15) is 22.8 Å². The molecule has 0 aliphatic carbocycles. The Balaban J connectivity index is 1.44. The molecular formula is C36H38N6O6S. The third-order valence-electron chi connectivity index (χ3n) is 8.42. The van der Waals surface area contributed by atoms with Gasteiger partial charge in [-0.15, -0.1) is 0 Å². The number of ether oxygens (including phenoxy) is 1. The van der Waals surface area contributed by atoms with Crippen LogP contribution in [-0.4, -0.2) is 60.3 Å². The highest BCUT2D eigenvalue weighted by Crippen LogP contribution is 2.32. The molecule has 0 radical (unpaired) electrons. The fourth-order valence-corrected chi connectivity index (χ4v) is 7.16. The lowest BCUT2D eigenvalue weighted by atomic mass is 9.87. The Hall–Kier alpha value is -5.30. The van der Waals surface area contributed by atoms with E-state index in [1.807, 2.05) is 32.0 Å². The van der Waals surface area contributed by atoms with Crippen molar-refractivity contribution in [3.8, 4) is 17.1 Å². The molecule has 1 fully saturated rings. The van der Waals surface area contributed by atoms with Crippen molar-refractivity contribution in [2.45, 2.75) is 58.5 Å². The molecule has 13 heteroatoms. The van der Waals surface area contributed by atoms with E-state index in [0.29, 0.717) is 17.8 Å². The molecule has 0 saturated carbocycles. The van der Waals surface area contributed by atoms with Crippen LogP contribution in [0.1, 0.15) is 54.2 Å². The maximum atomic E-state index is 14.4. The molecule has 1 saturated heterocycles. The molecule has 12 nitrogen and oxygen atoms in total. The van der Waals surface area contributed by atoms with Crippen LogP contribution in [0.5, 0.6) is 5.88 Å². The second kappa shape index (κ2) is 13.0. The summed E-state index contributed by atoms with van der Waals surface area (Å²) in [7, 11) is -4.20. The minimum absolute atomic E-state index is 0.0617. The van der Waals surface area contributed by atoms with Crippen LogP contribution < -0.4 is 19.7 Å². The third kappa shape index (κ3) is 7.41. The first-order valence-corrected chi connectivity index (χ1v) is 17.4. The first-order chi connectivity index (χ1) is 23.2. The van der Waals surface area contributed by atoms with E-state index >= 15 is 0 Å². The lowest BCUT2D eigenvalue weighted by molar-refractivity contribution is -0.117. The van der Waals surface area contributed by atoms with Crippen molar-refractivity contribution < 1.29 is 27.5 Å². The summed E-state index contributed by atoms with van der Waals surface area (Å²) in [5.74, 6) is -0.748. The number of nitrogens with one attached hydrogen (secondary N) is 2. The summed E-state index contributed by atoms with van der Waals surface area (Å²) >= 11 is 0. The predicted molar refractivity (Wildman–Crippen MR) is 185 cm³/mol. The maximum Gasteiger partial charge on any atom is 0.329 e. The number of carbonyl (C=O) groups excluding carboxylic acids is 3. The van der Waals surface area contributed by atoms with Gasteiger partial charge in [-0.3, -0.25) is 19.8 Å². The van der Waals surface area contributed by atoms with E-state index in [2.05, 4.69) is 40.8 Å². The normalized spacial score (nSPS) is 17.7. The van der Waals surface area contributed by atoms with Gasteiger partial charge >= 0.3 is 6.03 Å². The van der Waals surface area contributed by atoms with E-state index in [1.165, 1.54) is 23.1 Å². The van der Waals surface area contributed by atoms with Crippen LogP contribution in [0.4, 0.5) is 16.4 Å². The highest BCUT2D eigenvalue weighted by Gasteiger charge is 2.32. The number of urea groups is 1. The minimum Gasteiger partial charge on any atom is -0.475 e. The van der Waals surface area contributed by atoms with Crippen LogP contribution >= 0.6 is 0 Å². The van der Waals surface area contributed by atoms with Gasteiger partial charge < -0.3 is 9.64 Å². The van der Waals surface area contributed by atoms with Crippen LogP contribution in [-0.2, 0) is 21.4 Å². The molecule has 254 valence electrons. The van der Waals surface area contributed by atoms with Crippen molar-refractivity contribution in [2.24, 2.45) is 5.41 Å². The topological polar surface area (TPSA) is 151 Å². The summed E-state index contributed by atoms with van der Waals surface area (Å²) in [6, 6.07) is 19.5. The van der Waals surface area contributed by atoms with Gasteiger partial charge in [-0.25, -0.2) is 22.9 Å². The number of aryl methyl sites for hydroxylation is 2. The van der Waals surface area contributed by atoms with Crippen LogP contribution in [0.2, 0.25) is 0 Å². The molecule has 1 aromatic heterocycles. The number of fused-ring (bicyclic) bond motifs is 4. The predicted octanol–water partition coefficient (Wildman–Crippen LogP) is 5.46. The van der Waals surface area contributed by atoms with E-state index in [1.54, 1.807) is 41.3 Å². The molecule has 3 aromatic carbocycles. The number of benzene rings is 3. The molecule has 4 aromatic rings. The third-order valence-corrected chi connectivity index (χ3v) is 9.75. The average Bonchev–Trinajstić information content (AvgIpc) is 3.38. The summed E-state index contributed by atoms with van der Waals surface area (Å²) in [6.07, 6.45) is 0.546. The molecule has 2 aliphatic heterocycles. The van der Waals surface area contributed by atoms with E-state index in [-0.39, 0.29) is 59.2 Å². The number of aromatic nitrogens is 2. The fraction of sp³-hybridized carbons (Fsp3) is 0.306. The van der Waals surface area contributed by atoms with Gasteiger partial charge in [0.2, 0.25) is 17.7 Å². The lowest BCUT2D eigenvalue weighted by Crippen LogP contribution is -2.45. The summed E-state index contributed by atoms with van der Waals surface area (Å²) in [5, 5.41) is 2.27. The highest BCUT2D eigenvalue weighted by molar-refractivity contribution is 7.92. The quantitative estimate of drug-likeness (QED) is 0.264. The molecule has 2 aliphatic rings. The Morgan fingerprint density at radius 2 is 1.61 bits per heavy atom. The van der Waals surface area contributed by atoms with Crippen molar-refractivity contribution >= 4 is 39.5 Å². The van der Waals surface area contributed by atoms with Gasteiger partial charge in [0.15, 0.2) is 0 Å². The highest BCUT2D eigenvalue weighted by atomic mass is 32.2. The number of nitrogens with zero attached hydrogens (tertiary/aromatic N) is 4. The molecule has 6 rings (SSSR count). The Labute approximate surface area is 285 Å². The second-order valence-electron chi connectivity index (χ2n) is 13.6. The lowest BCUT2D eigenvalue weighted by Gasteiger charge is -2.36. The van der Waals surface area contributed by atoms with E-state index < -0.39 is 22.1 Å². The minimum atomic E-state index is -4.20. The number of rotatable bonds is 5. The van der Waals surface area contributed by atoms with Crippen molar-refractivity contribution in [2.75, 3.05) is 22.8 Å². The van der Waals surface area contributed by atoms with Crippen molar-refractivity contribution in [3.63, 3.8) is 0 Å². The number of amides is 4. The van der Waals surface area contributed by atoms with Gasteiger partial charge in [0, 0.05) is 29.4 Å². The van der Waals surface area contributed by atoms with Crippen LogP contribution in [0.15, 0.2) is 77.7 Å². The molecule has 0 spiro atoms. The second-order valence-corrected chi connectivity index (χ2v) is 15.3. The number of anilines is 2. The Morgan fingerprint density at radius 3 is 2.27 bits per heavy atom. The number of imide groups is 1. The number of sulfonamides is 1. The Morgan fingerprint density at radius 1 is 0.918 bits per heavy atom. The van der Waals surface area contributed by atoms with Gasteiger partial charge in [-0.1, -0.05) is 57.2 Å². The van der Waals surface area contributed by atoms with Crippen molar-refractivity contribution in [1.29, 1.82) is 0 Å². The average molecular weight is 683 g/mol. The molecule has 1 atom stereocenters. The van der Waals surface area contributed by atoms with Gasteiger partial charge in [-0.05, 0) is 72.7 Å². The SMILES string of the molecule is Cc1cccc(C)c1-c1cc2nc(n1)NS(=O)(=O)c1cccc(c1)C(=O)N(Cc1ccc(N3CC(=O)NC3=O)cc1)[C@H](CC(C)(C)C)CO2. The molecule has 4 amide bonds. The molecular weight excluding hydrogens is 644 g/mol. The van der Waals surface area contributed by atoms with Crippen molar-refractivity contribution in [1.82, 2.24) is 20.2 Å². The molecule has 0 unspecified atom stereocenters. The van der Waals surface area contributed by atoms with E-state index in [0.717, 1.165) is 22.3 Å². The van der Waals surface area contributed by atoms with Crippen molar-refractivity contribution in [3.05, 3.63) is 95.1 Å². The Bertz CT molecular complexity index is 2040. The fourth-order valence-electron chi connectivity index (χ4n) is 6.17. The molecule has 4 bridgehead atoms. The van der Waals surface area contributed by atoms with Gasteiger partial charge in [0.1, 0.15) is 13.2 Å². The molecule has 2 N–H and O–H groups in total. The standard InChI is InChI=1S/C36H38N6O6S/c1-22-8-6-9-23(2)32(22)29-17-31-39-34(37-29)40-49(46,47)28-11-7-10-25(16-28)33(44)41(27(21-48-31)18-36(3,4)5)19-24-12-14-26(15-13-24)42-20-30(43)38-35(42)45/h6-17,27H,18-21H2,1-5H3,(H,37,39,40)(H,38,43,45)/t27-/m1/s1. The smallest absolute Gasteiger partial charge is 0.329 e. The first-order valence-electron chi connectivity index (χ1n) is 15.9. The zero-order chi connectivity index (χ0) is 35.1. The van der Waals surface area contributed by atoms with Crippen LogP contribution in [0.3, 0.4) is 0 Å². The summed E-state index contributed by atoms with van der Waals surface area (Å²) in [5.41, 5.74) is 4.51. The van der Waals surface area contributed by atoms with Gasteiger partial charge in [0.25, 0.3) is 15.9 Å². The van der Waals surface area contributed by atoms with E-state index in [4.69, 9.17) is 4.74 Å². The number of hydrogen-bond donors (Lipinski definition) is 2. The number of carbonyl (C=O) groups is 3. The maximum absolute atomic E-state index is 14.4. The molecule has 49 heavy (non-hydrogen) atoms. The van der Waals surface area contributed by atoms with Crippen LogP contribution in [0.25, 0.3) is 11.3 Å². The number of hydrogen-bond acceptors (Lipinski definition) is 8. The van der Waals surface area contributed by atoms with Crippen LogP contribution in [0, 0.1) is 19.3 Å².